The van der Waals surface area contributed by atoms with Crippen molar-refractivity contribution >= 4 is 21.9 Å². The lowest BCUT2D eigenvalue weighted by atomic mass is 9.98. The summed E-state index contributed by atoms with van der Waals surface area (Å²) in [5.74, 6) is -2.46. The second kappa shape index (κ2) is 6.31. The maximum Gasteiger partial charge on any atom is 0.328 e. The fourth-order valence-electron chi connectivity index (χ4n) is 1.93. The van der Waals surface area contributed by atoms with Gasteiger partial charge >= 0.3 is 5.97 Å². The van der Waals surface area contributed by atoms with Gasteiger partial charge in [0.15, 0.2) is 0 Å². The van der Waals surface area contributed by atoms with Crippen LogP contribution in [0, 0.1) is 5.92 Å². The number of carbonyl (C=O) groups is 2. The smallest absolute Gasteiger partial charge is 0.328 e. The zero-order valence-electron chi connectivity index (χ0n) is 10.6. The van der Waals surface area contributed by atoms with Gasteiger partial charge in [0.1, 0.15) is 6.04 Å². The Kier molecular flexibility index (Phi) is 5.27. The van der Waals surface area contributed by atoms with Crippen molar-refractivity contribution in [3.05, 3.63) is 0 Å². The van der Waals surface area contributed by atoms with Crippen LogP contribution in [0.2, 0.25) is 0 Å². The standard InChI is InChI=1S/C10H18N2O6S/c1-19(17,18)12-4-2-3-7(5-12)9(14)11-8(6-13)10(15)16/h7-8,13H,2-6H2,1H3,(H,11,14)(H,15,16)/t7?,8-/m0/s1. The van der Waals surface area contributed by atoms with Crippen molar-refractivity contribution < 1.29 is 28.2 Å². The van der Waals surface area contributed by atoms with Crippen molar-refractivity contribution in [3.63, 3.8) is 0 Å². The molecule has 1 heterocycles. The number of hydrogen-bond donors (Lipinski definition) is 3. The maximum absolute atomic E-state index is 11.8. The van der Waals surface area contributed by atoms with Crippen LogP contribution in [0.4, 0.5) is 0 Å². The molecule has 9 heteroatoms. The average Bonchev–Trinajstić information content (AvgIpc) is 2.34. The van der Waals surface area contributed by atoms with Gasteiger partial charge in [-0.1, -0.05) is 0 Å². The molecule has 0 aromatic carbocycles. The molecule has 110 valence electrons. The molecule has 1 rings (SSSR count). The van der Waals surface area contributed by atoms with Crippen LogP contribution in [0.15, 0.2) is 0 Å². The Labute approximate surface area is 111 Å². The Morgan fingerprint density at radius 3 is 2.58 bits per heavy atom. The number of carbonyl (C=O) groups excluding carboxylic acids is 1. The monoisotopic (exact) mass is 294 g/mol. The molecule has 3 N–H and O–H groups in total. The molecule has 1 unspecified atom stereocenters. The lowest BCUT2D eigenvalue weighted by molar-refractivity contribution is -0.143. The van der Waals surface area contributed by atoms with Crippen LogP contribution in [0.5, 0.6) is 0 Å². The predicted molar refractivity (Wildman–Crippen MR) is 65.8 cm³/mol. The highest BCUT2D eigenvalue weighted by Crippen LogP contribution is 2.18. The Bertz CT molecular complexity index is 449. The summed E-state index contributed by atoms with van der Waals surface area (Å²) in [6.07, 6.45) is 2.11. The molecular weight excluding hydrogens is 276 g/mol. The van der Waals surface area contributed by atoms with Crippen molar-refractivity contribution in [2.45, 2.75) is 18.9 Å². The van der Waals surface area contributed by atoms with E-state index in [1.165, 1.54) is 4.31 Å². The fourth-order valence-corrected chi connectivity index (χ4v) is 2.84. The summed E-state index contributed by atoms with van der Waals surface area (Å²) in [4.78, 5) is 22.5. The molecule has 0 spiro atoms. The number of piperidine rings is 1. The largest absolute Gasteiger partial charge is 0.480 e. The number of hydrogen-bond acceptors (Lipinski definition) is 5. The van der Waals surface area contributed by atoms with E-state index in [2.05, 4.69) is 5.32 Å². The molecule has 1 saturated heterocycles. The van der Waals surface area contributed by atoms with Gasteiger partial charge in [-0.15, -0.1) is 0 Å². The Balaban J connectivity index is 2.65. The van der Waals surface area contributed by atoms with E-state index in [1.807, 2.05) is 0 Å². The molecule has 0 saturated carbocycles. The van der Waals surface area contributed by atoms with Crippen LogP contribution >= 0.6 is 0 Å². The Hall–Kier alpha value is -1.19. The number of amides is 1. The summed E-state index contributed by atoms with van der Waals surface area (Å²) in [5, 5.41) is 19.7. The number of sulfonamides is 1. The average molecular weight is 294 g/mol. The lowest BCUT2D eigenvalue weighted by Gasteiger charge is -2.30. The SMILES string of the molecule is CS(=O)(=O)N1CCCC(C(=O)N[C@@H](CO)C(=O)O)C1. The number of nitrogens with zero attached hydrogens (tertiary/aromatic N) is 1. The van der Waals surface area contributed by atoms with Crippen LogP contribution in [-0.2, 0) is 19.6 Å². The molecular formula is C10H18N2O6S. The van der Waals surface area contributed by atoms with Crippen LogP contribution in [0.1, 0.15) is 12.8 Å². The molecule has 8 nitrogen and oxygen atoms in total. The number of aliphatic hydroxyl groups is 1. The van der Waals surface area contributed by atoms with E-state index >= 15 is 0 Å². The molecule has 1 amide bonds. The molecule has 19 heavy (non-hydrogen) atoms. The third kappa shape index (κ3) is 4.44. The van der Waals surface area contributed by atoms with Gasteiger partial charge in [0.2, 0.25) is 15.9 Å². The van der Waals surface area contributed by atoms with Gasteiger partial charge in [-0.3, -0.25) is 4.79 Å². The first-order chi connectivity index (χ1) is 8.75. The first-order valence-corrected chi connectivity index (χ1v) is 7.69. The third-order valence-electron chi connectivity index (χ3n) is 3.02. The first kappa shape index (κ1) is 15.9. The van der Waals surface area contributed by atoms with Gasteiger partial charge in [-0.25, -0.2) is 17.5 Å². The topological polar surface area (TPSA) is 124 Å². The van der Waals surface area contributed by atoms with Crippen LogP contribution in [-0.4, -0.2) is 66.8 Å². The zero-order valence-corrected chi connectivity index (χ0v) is 11.4. The molecule has 0 radical (unpaired) electrons. The highest BCUT2D eigenvalue weighted by atomic mass is 32.2. The van der Waals surface area contributed by atoms with E-state index in [-0.39, 0.29) is 6.54 Å². The summed E-state index contributed by atoms with van der Waals surface area (Å²) in [6, 6.07) is -1.36. The summed E-state index contributed by atoms with van der Waals surface area (Å²) in [7, 11) is -3.36. The van der Waals surface area contributed by atoms with Gasteiger partial charge in [-0.05, 0) is 12.8 Å². The van der Waals surface area contributed by atoms with E-state index in [0.717, 1.165) is 6.26 Å². The van der Waals surface area contributed by atoms with Gasteiger partial charge < -0.3 is 15.5 Å². The zero-order chi connectivity index (χ0) is 14.6. The fraction of sp³-hybridized carbons (Fsp3) is 0.800. The minimum absolute atomic E-state index is 0.0441. The molecule has 1 aliphatic rings. The van der Waals surface area contributed by atoms with Crippen molar-refractivity contribution in [2.24, 2.45) is 5.92 Å². The minimum Gasteiger partial charge on any atom is -0.480 e. The number of carboxylic acids is 1. The van der Waals surface area contributed by atoms with Gasteiger partial charge in [0.05, 0.1) is 18.8 Å². The highest BCUT2D eigenvalue weighted by molar-refractivity contribution is 7.88. The van der Waals surface area contributed by atoms with Crippen molar-refractivity contribution in [1.29, 1.82) is 0 Å². The predicted octanol–water partition coefficient (Wildman–Crippen LogP) is -1.78. The molecule has 0 aromatic rings. The normalized spacial score (nSPS) is 22.7. The van der Waals surface area contributed by atoms with Crippen molar-refractivity contribution in [1.82, 2.24) is 9.62 Å². The van der Waals surface area contributed by atoms with E-state index in [4.69, 9.17) is 10.2 Å². The van der Waals surface area contributed by atoms with E-state index in [1.54, 1.807) is 0 Å². The molecule has 0 bridgehead atoms. The number of carboxylic acid groups (broad SMARTS) is 1. The minimum atomic E-state index is -3.36. The number of rotatable bonds is 5. The van der Waals surface area contributed by atoms with Crippen LogP contribution < -0.4 is 5.32 Å². The molecule has 1 aliphatic heterocycles. The molecule has 0 aliphatic carbocycles. The number of aliphatic carboxylic acids is 1. The Morgan fingerprint density at radius 1 is 1.47 bits per heavy atom. The number of aliphatic hydroxyl groups excluding tert-OH is 1. The van der Waals surface area contributed by atoms with E-state index in [0.29, 0.717) is 19.4 Å². The summed E-state index contributed by atoms with van der Waals surface area (Å²) < 4.78 is 24.0. The van der Waals surface area contributed by atoms with Crippen molar-refractivity contribution in [2.75, 3.05) is 26.0 Å². The second-order valence-corrected chi connectivity index (χ2v) is 6.52. The van der Waals surface area contributed by atoms with Gasteiger partial charge in [-0.2, -0.15) is 0 Å². The number of nitrogens with one attached hydrogen (secondary N) is 1. The van der Waals surface area contributed by atoms with Crippen molar-refractivity contribution in [3.8, 4) is 0 Å². The van der Waals surface area contributed by atoms with Gasteiger partial charge in [0, 0.05) is 13.1 Å². The summed E-state index contributed by atoms with van der Waals surface area (Å²) in [5.41, 5.74) is 0. The highest BCUT2D eigenvalue weighted by Gasteiger charge is 2.31. The third-order valence-corrected chi connectivity index (χ3v) is 4.29. The second-order valence-electron chi connectivity index (χ2n) is 4.54. The quantitative estimate of drug-likeness (QED) is 0.550. The first-order valence-electron chi connectivity index (χ1n) is 5.85. The van der Waals surface area contributed by atoms with E-state index < -0.39 is 40.5 Å². The molecule has 1 fully saturated rings. The lowest BCUT2D eigenvalue weighted by Crippen LogP contribution is -2.50. The van der Waals surface area contributed by atoms with Crippen LogP contribution in [0.3, 0.4) is 0 Å². The van der Waals surface area contributed by atoms with Gasteiger partial charge in [0.25, 0.3) is 0 Å². The van der Waals surface area contributed by atoms with E-state index in [9.17, 15) is 18.0 Å². The molecule has 2 atom stereocenters. The maximum atomic E-state index is 11.8. The Morgan fingerprint density at radius 2 is 2.11 bits per heavy atom. The summed E-state index contributed by atoms with van der Waals surface area (Å²) >= 11 is 0. The van der Waals surface area contributed by atoms with Crippen LogP contribution in [0.25, 0.3) is 0 Å². The summed E-state index contributed by atoms with van der Waals surface area (Å²) in [6.45, 7) is -0.295. The molecule has 0 aromatic heterocycles.